The summed E-state index contributed by atoms with van der Waals surface area (Å²) in [5.74, 6) is -0.712. The van der Waals surface area contributed by atoms with Crippen LogP contribution in [-0.2, 0) is 32.9 Å². The molecule has 0 bridgehead atoms. The number of hydrogen-bond acceptors (Lipinski definition) is 5. The van der Waals surface area contributed by atoms with Crippen LogP contribution in [0.15, 0.2) is 91.0 Å². The van der Waals surface area contributed by atoms with E-state index in [0.717, 1.165) is 16.7 Å². The first-order valence-corrected chi connectivity index (χ1v) is 11.4. The van der Waals surface area contributed by atoms with Crippen molar-refractivity contribution in [3.05, 3.63) is 108 Å². The van der Waals surface area contributed by atoms with Gasteiger partial charge in [0.15, 0.2) is 5.79 Å². The van der Waals surface area contributed by atoms with Gasteiger partial charge in [-0.15, -0.1) is 0 Å². The molecule has 1 aliphatic rings. The monoisotopic (exact) mass is 447 g/mol. The van der Waals surface area contributed by atoms with E-state index in [9.17, 15) is 5.21 Å². The molecule has 0 aliphatic carbocycles. The molecule has 0 amide bonds. The van der Waals surface area contributed by atoms with Crippen molar-refractivity contribution in [1.82, 2.24) is 5.06 Å². The number of benzene rings is 3. The van der Waals surface area contributed by atoms with E-state index in [1.807, 2.05) is 112 Å². The molecule has 3 atom stereocenters. The summed E-state index contributed by atoms with van der Waals surface area (Å²) in [6.07, 6.45) is -0.866. The van der Waals surface area contributed by atoms with E-state index < -0.39 is 17.4 Å². The van der Waals surface area contributed by atoms with Gasteiger partial charge in [0.2, 0.25) is 0 Å². The van der Waals surface area contributed by atoms with E-state index in [4.69, 9.17) is 14.2 Å². The van der Waals surface area contributed by atoms with Gasteiger partial charge in [0.05, 0.1) is 18.8 Å². The van der Waals surface area contributed by atoms with E-state index >= 15 is 0 Å². The normalized spacial score (nSPS) is 20.5. The Morgan fingerprint density at radius 3 is 2.03 bits per heavy atom. The predicted molar refractivity (Wildman–Crippen MR) is 127 cm³/mol. The van der Waals surface area contributed by atoms with Crippen LogP contribution < -0.4 is 0 Å². The van der Waals surface area contributed by atoms with Crippen LogP contribution in [0.25, 0.3) is 0 Å². The molecule has 1 aliphatic heterocycles. The number of ether oxygens (including phenoxy) is 3. The largest absolute Gasteiger partial charge is 0.368 e. The number of hydrogen-bond donors (Lipinski definition) is 1. The summed E-state index contributed by atoms with van der Waals surface area (Å²) < 4.78 is 18.8. The van der Waals surface area contributed by atoms with Crippen LogP contribution in [0.2, 0.25) is 0 Å². The van der Waals surface area contributed by atoms with E-state index in [1.165, 1.54) is 5.06 Å². The topological polar surface area (TPSA) is 51.2 Å². The van der Waals surface area contributed by atoms with Gasteiger partial charge in [-0.25, -0.2) is 0 Å². The number of rotatable bonds is 9. The van der Waals surface area contributed by atoms with Gasteiger partial charge in [0, 0.05) is 6.54 Å². The van der Waals surface area contributed by atoms with Gasteiger partial charge in [-0.1, -0.05) is 91.0 Å². The average Bonchev–Trinajstić information content (AvgIpc) is 3.20. The lowest BCUT2D eigenvalue weighted by atomic mass is 9.82. The zero-order valence-corrected chi connectivity index (χ0v) is 19.6. The van der Waals surface area contributed by atoms with Crippen LogP contribution >= 0.6 is 0 Å². The Hall–Kier alpha value is -2.54. The third-order valence-corrected chi connectivity index (χ3v) is 6.26. The summed E-state index contributed by atoms with van der Waals surface area (Å²) in [5.41, 5.74) is 2.10. The van der Waals surface area contributed by atoms with Gasteiger partial charge in [0.1, 0.15) is 12.2 Å². The van der Waals surface area contributed by atoms with E-state index in [2.05, 4.69) is 0 Å². The highest BCUT2D eigenvalue weighted by Gasteiger charge is 2.50. The highest BCUT2D eigenvalue weighted by atomic mass is 16.7. The third kappa shape index (κ3) is 5.52. The van der Waals surface area contributed by atoms with Crippen LogP contribution in [0, 0.1) is 0 Å². The molecule has 3 aromatic rings. The maximum absolute atomic E-state index is 11.6. The van der Waals surface area contributed by atoms with Crippen LogP contribution in [0.3, 0.4) is 0 Å². The first-order valence-electron chi connectivity index (χ1n) is 11.4. The maximum atomic E-state index is 11.6. The molecule has 1 N–H and O–H groups in total. The Labute approximate surface area is 196 Å². The Bertz CT molecular complexity index is 996. The second-order valence-corrected chi connectivity index (χ2v) is 9.14. The Morgan fingerprint density at radius 1 is 0.939 bits per heavy atom. The zero-order chi connectivity index (χ0) is 23.3. The minimum absolute atomic E-state index is 0.342. The molecule has 5 heteroatoms. The fourth-order valence-corrected chi connectivity index (χ4v) is 4.41. The molecule has 33 heavy (non-hydrogen) atoms. The second kappa shape index (κ2) is 10.2. The third-order valence-electron chi connectivity index (χ3n) is 6.26. The van der Waals surface area contributed by atoms with E-state index in [0.29, 0.717) is 19.8 Å². The van der Waals surface area contributed by atoms with Crippen molar-refractivity contribution < 1.29 is 19.4 Å². The molecule has 4 rings (SSSR count). The highest BCUT2D eigenvalue weighted by molar-refractivity contribution is 5.27. The molecule has 1 fully saturated rings. The highest BCUT2D eigenvalue weighted by Crippen LogP contribution is 2.39. The summed E-state index contributed by atoms with van der Waals surface area (Å²) in [5, 5.41) is 13.0. The van der Waals surface area contributed by atoms with Crippen molar-refractivity contribution >= 4 is 0 Å². The molecule has 0 radical (unpaired) electrons. The van der Waals surface area contributed by atoms with Crippen molar-refractivity contribution in [2.45, 2.75) is 57.5 Å². The second-order valence-electron chi connectivity index (χ2n) is 9.14. The summed E-state index contributed by atoms with van der Waals surface area (Å²) in [6, 6.07) is 30.0. The molecule has 3 aromatic carbocycles. The standard InChI is InChI=1S/C28H33NO4/c1-27(2)32-21-25(33-27)26(31-20-23-15-9-5-10-16-23)28(3,24-17-11-6-12-18-24)29(30)19-22-13-7-4-8-14-22/h4-18,25-26,30H,19-21H2,1-3H3/t25-,26+,28+/m0/s1. The first kappa shape index (κ1) is 23.6. The van der Waals surface area contributed by atoms with Crippen LogP contribution in [0.5, 0.6) is 0 Å². The quantitative estimate of drug-likeness (QED) is 0.437. The molecule has 0 saturated carbocycles. The summed E-state index contributed by atoms with van der Waals surface area (Å²) >= 11 is 0. The Balaban J connectivity index is 1.71. The van der Waals surface area contributed by atoms with E-state index in [-0.39, 0.29) is 6.10 Å². The minimum atomic E-state index is -0.902. The number of nitrogens with zero attached hydrogens (tertiary/aromatic N) is 1. The molecule has 0 spiro atoms. The van der Waals surface area contributed by atoms with Gasteiger partial charge in [0.25, 0.3) is 0 Å². The van der Waals surface area contributed by atoms with Crippen LogP contribution in [-0.4, -0.2) is 34.9 Å². The lowest BCUT2D eigenvalue weighted by Crippen LogP contribution is -2.56. The van der Waals surface area contributed by atoms with Gasteiger partial charge in [-0.05, 0) is 37.5 Å². The fraction of sp³-hybridized carbons (Fsp3) is 0.357. The molecule has 0 unspecified atom stereocenters. The summed E-state index contributed by atoms with van der Waals surface area (Å²) in [6.45, 7) is 6.94. The van der Waals surface area contributed by atoms with Crippen molar-refractivity contribution in [1.29, 1.82) is 0 Å². The van der Waals surface area contributed by atoms with Gasteiger partial charge < -0.3 is 19.4 Å². The van der Waals surface area contributed by atoms with Crippen LogP contribution in [0.4, 0.5) is 0 Å². The lowest BCUT2D eigenvalue weighted by molar-refractivity contribution is -0.249. The predicted octanol–water partition coefficient (Wildman–Crippen LogP) is 5.53. The number of hydroxylamine groups is 2. The minimum Gasteiger partial charge on any atom is -0.368 e. The Kier molecular flexibility index (Phi) is 7.27. The van der Waals surface area contributed by atoms with Crippen molar-refractivity contribution in [3.63, 3.8) is 0 Å². The maximum Gasteiger partial charge on any atom is 0.163 e. The average molecular weight is 448 g/mol. The molecular weight excluding hydrogens is 414 g/mol. The molecule has 174 valence electrons. The SMILES string of the molecule is CC1(C)OC[C@@H]([C@@H](OCc2ccccc2)[C@@](C)(c2ccccc2)N(O)Cc2ccccc2)O1. The molecule has 5 nitrogen and oxygen atoms in total. The molecule has 0 aromatic heterocycles. The molecular formula is C28H33NO4. The van der Waals surface area contributed by atoms with E-state index in [1.54, 1.807) is 0 Å². The van der Waals surface area contributed by atoms with Gasteiger partial charge in [-0.3, -0.25) is 0 Å². The summed E-state index contributed by atoms with van der Waals surface area (Å²) in [7, 11) is 0. The molecule has 1 heterocycles. The smallest absolute Gasteiger partial charge is 0.163 e. The van der Waals surface area contributed by atoms with Gasteiger partial charge in [-0.2, -0.15) is 5.06 Å². The first-order chi connectivity index (χ1) is 15.9. The van der Waals surface area contributed by atoms with Gasteiger partial charge >= 0.3 is 0 Å². The lowest BCUT2D eigenvalue weighted by Gasteiger charge is -2.45. The van der Waals surface area contributed by atoms with Crippen molar-refractivity contribution in [2.75, 3.05) is 6.61 Å². The molecule has 1 saturated heterocycles. The van der Waals surface area contributed by atoms with Crippen molar-refractivity contribution in [3.8, 4) is 0 Å². The Morgan fingerprint density at radius 2 is 1.48 bits per heavy atom. The zero-order valence-electron chi connectivity index (χ0n) is 19.6. The summed E-state index contributed by atoms with van der Waals surface area (Å²) in [4.78, 5) is 0. The van der Waals surface area contributed by atoms with Crippen LogP contribution in [0.1, 0.15) is 37.5 Å². The van der Waals surface area contributed by atoms with Crippen molar-refractivity contribution in [2.24, 2.45) is 0 Å². The fourth-order valence-electron chi connectivity index (χ4n) is 4.41.